The van der Waals surface area contributed by atoms with Crippen LogP contribution in [-0.4, -0.2) is 55.5 Å². The average molecular weight is 288 g/mol. The molecule has 0 radical (unpaired) electrons. The van der Waals surface area contributed by atoms with Gasteiger partial charge in [-0.05, 0) is 12.5 Å². The lowest BCUT2D eigenvalue weighted by atomic mass is 9.94. The number of amides is 1. The van der Waals surface area contributed by atoms with Crippen molar-refractivity contribution < 1.29 is 4.79 Å². The minimum Gasteiger partial charge on any atom is -0.658 e. The fourth-order valence-corrected chi connectivity index (χ4v) is 3.13. The minimum atomic E-state index is 0.188. The summed E-state index contributed by atoms with van der Waals surface area (Å²) in [5.74, 6) is 0.662. The predicted molar refractivity (Wildman–Crippen MR) is 86.3 cm³/mol. The Balaban J connectivity index is 1.89. The van der Waals surface area contributed by atoms with Crippen LogP contribution in [0.3, 0.4) is 0 Å². The van der Waals surface area contributed by atoms with Crippen molar-refractivity contribution in [1.29, 1.82) is 0 Å². The first-order valence-corrected chi connectivity index (χ1v) is 7.73. The number of benzene rings is 1. The van der Waals surface area contributed by atoms with Gasteiger partial charge in [0.05, 0.1) is 0 Å². The van der Waals surface area contributed by atoms with E-state index in [0.29, 0.717) is 5.92 Å². The van der Waals surface area contributed by atoms with E-state index in [1.54, 1.807) is 6.92 Å². The second-order valence-electron chi connectivity index (χ2n) is 5.90. The molecule has 4 nitrogen and oxygen atoms in total. The molecule has 2 atom stereocenters. The maximum absolute atomic E-state index is 11.4. The van der Waals surface area contributed by atoms with Gasteiger partial charge in [-0.25, -0.2) is 0 Å². The van der Waals surface area contributed by atoms with E-state index in [4.69, 9.17) is 0 Å². The smallest absolute Gasteiger partial charge is 0.219 e. The van der Waals surface area contributed by atoms with Crippen LogP contribution in [0.5, 0.6) is 0 Å². The van der Waals surface area contributed by atoms with E-state index in [1.807, 2.05) is 18.0 Å². The van der Waals surface area contributed by atoms with Crippen molar-refractivity contribution in [3.8, 4) is 0 Å². The first kappa shape index (κ1) is 16.0. The summed E-state index contributed by atoms with van der Waals surface area (Å²) in [6, 6.07) is 10.8. The van der Waals surface area contributed by atoms with Crippen molar-refractivity contribution in [2.24, 2.45) is 5.92 Å². The highest BCUT2D eigenvalue weighted by molar-refractivity contribution is 5.73. The number of hydrogen-bond acceptors (Lipinski definition) is 2. The van der Waals surface area contributed by atoms with E-state index in [9.17, 15) is 4.79 Å². The van der Waals surface area contributed by atoms with Crippen molar-refractivity contribution in [2.75, 3.05) is 39.8 Å². The van der Waals surface area contributed by atoms with Gasteiger partial charge in [-0.1, -0.05) is 42.8 Å². The van der Waals surface area contributed by atoms with Crippen LogP contribution in [0.2, 0.25) is 0 Å². The summed E-state index contributed by atoms with van der Waals surface area (Å²) in [6.07, 6.45) is 0. The fraction of sp³-hybridized carbons (Fsp3) is 0.588. The first-order valence-electron chi connectivity index (χ1n) is 7.73. The van der Waals surface area contributed by atoms with Gasteiger partial charge in [0.25, 0.3) is 0 Å². The SMILES string of the molecule is C[N-][C@@H](c1ccccc1)[C@@H](C)CN1CCN(C(C)=O)CC1. The van der Waals surface area contributed by atoms with Gasteiger partial charge in [0.1, 0.15) is 0 Å². The Bertz CT molecular complexity index is 441. The summed E-state index contributed by atoms with van der Waals surface area (Å²) in [4.78, 5) is 15.7. The second kappa shape index (κ2) is 7.57. The van der Waals surface area contributed by atoms with E-state index >= 15 is 0 Å². The lowest BCUT2D eigenvalue weighted by molar-refractivity contribution is -0.130. The van der Waals surface area contributed by atoms with Gasteiger partial charge >= 0.3 is 0 Å². The molecule has 1 amide bonds. The zero-order valence-electron chi connectivity index (χ0n) is 13.3. The number of hydrogen-bond donors (Lipinski definition) is 0. The zero-order chi connectivity index (χ0) is 15.2. The van der Waals surface area contributed by atoms with Crippen molar-refractivity contribution >= 4 is 5.91 Å². The third kappa shape index (κ3) is 4.29. The van der Waals surface area contributed by atoms with Crippen LogP contribution in [-0.2, 0) is 4.79 Å². The third-order valence-electron chi connectivity index (χ3n) is 4.32. The lowest BCUT2D eigenvalue weighted by Gasteiger charge is -2.40. The molecule has 0 spiro atoms. The van der Waals surface area contributed by atoms with Gasteiger partial charge in [-0.2, -0.15) is 7.05 Å². The molecular weight excluding hydrogens is 262 g/mol. The van der Waals surface area contributed by atoms with Gasteiger partial charge in [-0.15, -0.1) is 6.04 Å². The van der Waals surface area contributed by atoms with Gasteiger partial charge < -0.3 is 10.2 Å². The number of carbonyl (C=O) groups is 1. The van der Waals surface area contributed by atoms with Crippen LogP contribution < -0.4 is 0 Å². The Morgan fingerprint density at radius 2 is 1.81 bits per heavy atom. The second-order valence-corrected chi connectivity index (χ2v) is 5.90. The Morgan fingerprint density at radius 3 is 2.33 bits per heavy atom. The summed E-state index contributed by atoms with van der Waals surface area (Å²) in [5, 5.41) is 4.58. The van der Waals surface area contributed by atoms with Crippen LogP contribution in [0.4, 0.5) is 0 Å². The van der Waals surface area contributed by atoms with E-state index in [2.05, 4.69) is 41.4 Å². The van der Waals surface area contributed by atoms with Crippen molar-refractivity contribution in [3.63, 3.8) is 0 Å². The molecule has 0 aromatic heterocycles. The van der Waals surface area contributed by atoms with Gasteiger partial charge in [-0.3, -0.25) is 9.69 Å². The molecule has 0 aliphatic carbocycles. The average Bonchev–Trinajstić information content (AvgIpc) is 2.49. The molecule has 1 aromatic rings. The van der Waals surface area contributed by atoms with Crippen LogP contribution in [0.25, 0.3) is 5.32 Å². The molecule has 1 aliphatic rings. The number of carbonyl (C=O) groups excluding carboxylic acids is 1. The molecule has 116 valence electrons. The Hall–Kier alpha value is -1.39. The molecule has 2 rings (SSSR count). The molecule has 0 N–H and O–H groups in total. The van der Waals surface area contributed by atoms with Crippen LogP contribution in [0.1, 0.15) is 25.5 Å². The van der Waals surface area contributed by atoms with Crippen molar-refractivity contribution in [1.82, 2.24) is 9.80 Å². The maximum Gasteiger partial charge on any atom is 0.219 e. The molecule has 1 aromatic carbocycles. The summed E-state index contributed by atoms with van der Waals surface area (Å²) in [7, 11) is 1.90. The number of piperazine rings is 1. The largest absolute Gasteiger partial charge is 0.658 e. The highest BCUT2D eigenvalue weighted by Gasteiger charge is 2.21. The standard InChI is InChI=1S/C17H26N3O/c1-14(17(18-3)16-7-5-4-6-8-16)13-19-9-11-20(12-10-19)15(2)21/h4-8,14,17H,9-13H2,1-3H3/q-1/t14-,17+/m0/s1. The molecule has 4 heteroatoms. The van der Waals surface area contributed by atoms with Gasteiger partial charge in [0.15, 0.2) is 0 Å². The number of rotatable bonds is 5. The van der Waals surface area contributed by atoms with E-state index in [1.165, 1.54) is 5.56 Å². The highest BCUT2D eigenvalue weighted by atomic mass is 16.2. The molecular formula is C17H26N3O-. The molecule has 1 fully saturated rings. The summed E-state index contributed by atoms with van der Waals surface area (Å²) < 4.78 is 0. The summed E-state index contributed by atoms with van der Waals surface area (Å²) in [5.41, 5.74) is 1.29. The van der Waals surface area contributed by atoms with E-state index < -0.39 is 0 Å². The predicted octanol–water partition coefficient (Wildman–Crippen LogP) is 2.53. The van der Waals surface area contributed by atoms with Gasteiger partial charge in [0, 0.05) is 33.1 Å². The fourth-order valence-electron chi connectivity index (χ4n) is 3.13. The Morgan fingerprint density at radius 1 is 1.19 bits per heavy atom. The quantitative estimate of drug-likeness (QED) is 0.835. The first-order chi connectivity index (χ1) is 10.1. The van der Waals surface area contributed by atoms with Crippen LogP contribution >= 0.6 is 0 Å². The van der Waals surface area contributed by atoms with E-state index in [-0.39, 0.29) is 11.9 Å². The van der Waals surface area contributed by atoms with Crippen LogP contribution in [0, 0.1) is 5.92 Å². The maximum atomic E-state index is 11.4. The Kier molecular flexibility index (Phi) is 5.76. The molecule has 0 saturated carbocycles. The van der Waals surface area contributed by atoms with E-state index in [0.717, 1.165) is 32.7 Å². The third-order valence-corrected chi connectivity index (χ3v) is 4.32. The number of nitrogens with zero attached hydrogens (tertiary/aromatic N) is 3. The lowest BCUT2D eigenvalue weighted by Crippen LogP contribution is -2.49. The molecule has 0 bridgehead atoms. The van der Waals surface area contributed by atoms with Crippen molar-refractivity contribution in [3.05, 3.63) is 41.2 Å². The van der Waals surface area contributed by atoms with Crippen molar-refractivity contribution in [2.45, 2.75) is 19.9 Å². The molecule has 1 saturated heterocycles. The topological polar surface area (TPSA) is 37.7 Å². The molecule has 21 heavy (non-hydrogen) atoms. The minimum absolute atomic E-state index is 0.188. The summed E-state index contributed by atoms with van der Waals surface area (Å²) >= 11 is 0. The monoisotopic (exact) mass is 288 g/mol. The summed E-state index contributed by atoms with van der Waals surface area (Å²) in [6.45, 7) is 8.58. The molecule has 0 unspecified atom stereocenters. The van der Waals surface area contributed by atoms with Gasteiger partial charge in [0.2, 0.25) is 5.91 Å². The molecule has 1 heterocycles. The molecule has 1 aliphatic heterocycles. The van der Waals surface area contributed by atoms with Crippen LogP contribution in [0.15, 0.2) is 30.3 Å². The highest BCUT2D eigenvalue weighted by Crippen LogP contribution is 2.29. The normalized spacial score (nSPS) is 19.3. The Labute approximate surface area is 128 Å². The zero-order valence-corrected chi connectivity index (χ0v) is 13.3.